The summed E-state index contributed by atoms with van der Waals surface area (Å²) in [6, 6.07) is 13.0. The largest absolute Gasteiger partial charge is 0.395 e. The average molecular weight is 300 g/mol. The van der Waals surface area contributed by atoms with Crippen molar-refractivity contribution >= 4 is 17.2 Å². The fraction of sp³-hybridized carbons (Fsp3) is 0.188. The molecule has 0 spiro atoms. The molecule has 0 saturated heterocycles. The molecule has 2 rings (SSSR count). The van der Waals surface area contributed by atoms with E-state index in [1.165, 1.54) is 12.1 Å². The zero-order valence-corrected chi connectivity index (χ0v) is 12.1. The molecule has 0 aliphatic heterocycles. The fourth-order valence-electron chi connectivity index (χ4n) is 2.16. The van der Waals surface area contributed by atoms with E-state index in [0.29, 0.717) is 11.3 Å². The number of nitro groups is 1. The van der Waals surface area contributed by atoms with Gasteiger partial charge in [0.2, 0.25) is 0 Å². The van der Waals surface area contributed by atoms with E-state index >= 15 is 0 Å². The number of ketones is 1. The SMILES string of the molecule is CN(CCO)c1ccc(C(=O)c2ccccc2)cc1[N+](=O)[O-]. The van der Waals surface area contributed by atoms with Gasteiger partial charge in [-0.05, 0) is 12.1 Å². The zero-order valence-electron chi connectivity index (χ0n) is 12.1. The van der Waals surface area contributed by atoms with Gasteiger partial charge < -0.3 is 10.0 Å². The lowest BCUT2D eigenvalue weighted by Crippen LogP contribution is -2.22. The summed E-state index contributed by atoms with van der Waals surface area (Å²) in [7, 11) is 1.65. The third-order valence-electron chi connectivity index (χ3n) is 3.32. The van der Waals surface area contributed by atoms with Gasteiger partial charge in [-0.25, -0.2) is 0 Å². The maximum absolute atomic E-state index is 12.4. The number of carbonyl (C=O) groups excluding carboxylic acids is 1. The van der Waals surface area contributed by atoms with Gasteiger partial charge >= 0.3 is 0 Å². The molecule has 0 aliphatic carbocycles. The molecule has 0 fully saturated rings. The monoisotopic (exact) mass is 300 g/mol. The number of aliphatic hydroxyl groups is 1. The van der Waals surface area contributed by atoms with Crippen LogP contribution in [0.1, 0.15) is 15.9 Å². The molecule has 0 unspecified atom stereocenters. The second-order valence-electron chi connectivity index (χ2n) is 4.80. The molecule has 0 saturated carbocycles. The predicted octanol–water partition coefficient (Wildman–Crippen LogP) is 2.25. The highest BCUT2D eigenvalue weighted by atomic mass is 16.6. The van der Waals surface area contributed by atoms with Crippen molar-refractivity contribution in [3.8, 4) is 0 Å². The lowest BCUT2D eigenvalue weighted by atomic mass is 10.0. The topological polar surface area (TPSA) is 83.7 Å². The smallest absolute Gasteiger partial charge is 0.293 e. The van der Waals surface area contributed by atoms with Crippen molar-refractivity contribution in [3.63, 3.8) is 0 Å². The van der Waals surface area contributed by atoms with E-state index in [0.717, 1.165) is 0 Å². The predicted molar refractivity (Wildman–Crippen MR) is 83.3 cm³/mol. The molecule has 6 heteroatoms. The number of carbonyl (C=O) groups is 1. The lowest BCUT2D eigenvalue weighted by molar-refractivity contribution is -0.384. The van der Waals surface area contributed by atoms with Crippen molar-refractivity contribution in [1.82, 2.24) is 0 Å². The Labute approximate surface area is 127 Å². The van der Waals surface area contributed by atoms with Gasteiger partial charge in [0, 0.05) is 30.8 Å². The molecule has 2 aromatic carbocycles. The Morgan fingerprint density at radius 1 is 1.18 bits per heavy atom. The molecule has 0 aliphatic rings. The second kappa shape index (κ2) is 6.82. The van der Waals surface area contributed by atoms with E-state index in [4.69, 9.17) is 5.11 Å². The van der Waals surface area contributed by atoms with E-state index in [1.54, 1.807) is 48.3 Å². The van der Waals surface area contributed by atoms with Gasteiger partial charge in [-0.3, -0.25) is 14.9 Å². The summed E-state index contributed by atoms with van der Waals surface area (Å²) in [6.45, 7) is 0.158. The molecule has 0 atom stereocenters. The van der Waals surface area contributed by atoms with Gasteiger partial charge in [-0.2, -0.15) is 0 Å². The molecule has 6 nitrogen and oxygen atoms in total. The van der Waals surface area contributed by atoms with Crippen LogP contribution in [0.5, 0.6) is 0 Å². The lowest BCUT2D eigenvalue weighted by Gasteiger charge is -2.18. The summed E-state index contributed by atoms with van der Waals surface area (Å²) in [5, 5.41) is 20.2. The normalized spacial score (nSPS) is 10.3. The highest BCUT2D eigenvalue weighted by Gasteiger charge is 2.20. The van der Waals surface area contributed by atoms with Crippen LogP contribution < -0.4 is 4.90 Å². The molecule has 0 bridgehead atoms. The van der Waals surface area contributed by atoms with Gasteiger partial charge in [0.25, 0.3) is 5.69 Å². The quantitative estimate of drug-likeness (QED) is 0.502. The maximum atomic E-state index is 12.4. The number of anilines is 1. The van der Waals surface area contributed by atoms with Crippen molar-refractivity contribution in [3.05, 3.63) is 69.8 Å². The third kappa shape index (κ3) is 3.29. The van der Waals surface area contributed by atoms with Crippen LogP contribution in [0.25, 0.3) is 0 Å². The summed E-state index contributed by atoms with van der Waals surface area (Å²) >= 11 is 0. The molecular weight excluding hydrogens is 284 g/mol. The highest BCUT2D eigenvalue weighted by Crippen LogP contribution is 2.29. The number of rotatable bonds is 6. The van der Waals surface area contributed by atoms with Crippen molar-refractivity contribution in [2.75, 3.05) is 25.1 Å². The summed E-state index contributed by atoms with van der Waals surface area (Å²) in [5.74, 6) is -0.264. The summed E-state index contributed by atoms with van der Waals surface area (Å²) in [6.07, 6.45) is 0. The minimum absolute atomic E-state index is 0.113. The highest BCUT2D eigenvalue weighted by molar-refractivity contribution is 6.09. The molecule has 1 N–H and O–H groups in total. The van der Waals surface area contributed by atoms with Gasteiger partial charge in [0.1, 0.15) is 5.69 Å². The van der Waals surface area contributed by atoms with Crippen LogP contribution >= 0.6 is 0 Å². The maximum Gasteiger partial charge on any atom is 0.293 e. The number of aliphatic hydroxyl groups excluding tert-OH is 1. The van der Waals surface area contributed by atoms with Crippen LogP contribution in [0.3, 0.4) is 0 Å². The van der Waals surface area contributed by atoms with Gasteiger partial charge in [-0.15, -0.1) is 0 Å². The first-order valence-corrected chi connectivity index (χ1v) is 6.74. The standard InChI is InChI=1S/C16H16N2O4/c1-17(9-10-19)14-8-7-13(11-15(14)18(21)22)16(20)12-5-3-2-4-6-12/h2-8,11,19H,9-10H2,1H3. The second-order valence-corrected chi connectivity index (χ2v) is 4.80. The van der Waals surface area contributed by atoms with E-state index in [-0.39, 0.29) is 30.2 Å². The summed E-state index contributed by atoms with van der Waals surface area (Å²) in [4.78, 5) is 24.7. The Hall–Kier alpha value is -2.73. The summed E-state index contributed by atoms with van der Waals surface area (Å²) in [5.41, 5.74) is 0.953. The van der Waals surface area contributed by atoms with Crippen LogP contribution in [0, 0.1) is 10.1 Å². The van der Waals surface area contributed by atoms with E-state index in [2.05, 4.69) is 0 Å². The fourth-order valence-corrected chi connectivity index (χ4v) is 2.16. The molecule has 22 heavy (non-hydrogen) atoms. The number of hydrogen-bond acceptors (Lipinski definition) is 5. The first-order chi connectivity index (χ1) is 10.5. The Morgan fingerprint density at radius 2 is 1.86 bits per heavy atom. The number of nitro benzene ring substituents is 1. The van der Waals surface area contributed by atoms with Crippen LogP contribution in [-0.2, 0) is 0 Å². The number of likely N-dealkylation sites (N-methyl/N-ethyl adjacent to an activating group) is 1. The van der Waals surface area contributed by atoms with Crippen molar-refractivity contribution < 1.29 is 14.8 Å². The average Bonchev–Trinajstić information content (AvgIpc) is 2.54. The number of benzene rings is 2. The first kappa shape index (κ1) is 15.7. The first-order valence-electron chi connectivity index (χ1n) is 6.74. The third-order valence-corrected chi connectivity index (χ3v) is 3.32. The Balaban J connectivity index is 2.42. The van der Waals surface area contributed by atoms with Crippen LogP contribution in [0.15, 0.2) is 48.5 Å². The molecule has 0 aromatic heterocycles. The van der Waals surface area contributed by atoms with E-state index < -0.39 is 4.92 Å². The Morgan fingerprint density at radius 3 is 2.45 bits per heavy atom. The van der Waals surface area contributed by atoms with E-state index in [1.807, 2.05) is 0 Å². The molecular formula is C16H16N2O4. The molecule has 114 valence electrons. The number of hydrogen-bond donors (Lipinski definition) is 1. The van der Waals surface area contributed by atoms with Gasteiger partial charge in [0.05, 0.1) is 11.5 Å². The number of nitrogens with zero attached hydrogens (tertiary/aromatic N) is 2. The van der Waals surface area contributed by atoms with Gasteiger partial charge in [0.15, 0.2) is 5.78 Å². The van der Waals surface area contributed by atoms with Crippen LogP contribution in [-0.4, -0.2) is 36.0 Å². The van der Waals surface area contributed by atoms with E-state index in [9.17, 15) is 14.9 Å². The van der Waals surface area contributed by atoms with Crippen molar-refractivity contribution in [2.45, 2.75) is 0 Å². The minimum atomic E-state index is -0.523. The van der Waals surface area contributed by atoms with Gasteiger partial charge in [-0.1, -0.05) is 30.3 Å². The minimum Gasteiger partial charge on any atom is -0.395 e. The zero-order chi connectivity index (χ0) is 16.1. The Kier molecular flexibility index (Phi) is 4.85. The molecule has 0 radical (unpaired) electrons. The molecule has 0 heterocycles. The van der Waals surface area contributed by atoms with Crippen molar-refractivity contribution in [1.29, 1.82) is 0 Å². The summed E-state index contributed by atoms with van der Waals surface area (Å²) < 4.78 is 0. The molecule has 2 aromatic rings. The molecule has 0 amide bonds. The Bertz CT molecular complexity index is 686. The van der Waals surface area contributed by atoms with Crippen LogP contribution in [0.2, 0.25) is 0 Å². The van der Waals surface area contributed by atoms with Crippen LogP contribution in [0.4, 0.5) is 11.4 Å². The van der Waals surface area contributed by atoms with Crippen molar-refractivity contribution in [2.24, 2.45) is 0 Å².